The van der Waals surface area contributed by atoms with E-state index in [1.54, 1.807) is 0 Å². The highest BCUT2D eigenvalue weighted by Crippen LogP contribution is 2.46. The number of rotatable bonds is 9. The van der Waals surface area contributed by atoms with Gasteiger partial charge in [0.25, 0.3) is 0 Å². The fourth-order valence-corrected chi connectivity index (χ4v) is 21.3. The number of hydrogen-bond acceptors (Lipinski definition) is 13. The van der Waals surface area contributed by atoms with E-state index in [1.165, 1.54) is 49.4 Å². The number of fused-ring (bicyclic) bond motifs is 25. The molecule has 0 saturated heterocycles. The van der Waals surface area contributed by atoms with Crippen molar-refractivity contribution in [3.05, 3.63) is 468 Å². The summed E-state index contributed by atoms with van der Waals surface area (Å²) in [5.74, 6) is 0. The number of benzene rings is 17. The maximum Gasteiger partial charge on any atom is 0.0978 e. The molecule has 0 radical (unpaired) electrons. The van der Waals surface area contributed by atoms with Gasteiger partial charge < -0.3 is 0 Å². The predicted octanol–water partition coefficient (Wildman–Crippen LogP) is 33.0. The Labute approximate surface area is 823 Å². The van der Waals surface area contributed by atoms with Gasteiger partial charge in [0.1, 0.15) is 0 Å². The molecule has 0 unspecified atom stereocenters. The monoisotopic (exact) mass is 1830 g/mol. The number of para-hydroxylation sites is 3. The van der Waals surface area contributed by atoms with Gasteiger partial charge in [-0.25, -0.2) is 49.8 Å². The fourth-order valence-electron chi connectivity index (χ4n) is 21.3. The van der Waals surface area contributed by atoms with Crippen molar-refractivity contribution in [2.24, 2.45) is 0 Å². The van der Waals surface area contributed by atoms with Crippen LogP contribution < -0.4 is 0 Å². The Morgan fingerprint density at radius 2 is 0.375 bits per heavy atom. The Balaban J connectivity index is 0.000000105. The number of pyridine rings is 13. The lowest BCUT2D eigenvalue weighted by Crippen LogP contribution is -1.95. The number of hydrogen-bond donors (Lipinski definition) is 0. The maximum atomic E-state index is 5.36. The standard InChI is InChI=1S/C48H28N4.C44H26N4.C39H23N5/c1-2-7-29(8-3-1)44-39-10-4-5-11-43(39)52-48-40(44)23-16-32-20-25-42(51-47(32)48)36-18-22-38-34(28-36)15-14-33-27-35(17-21-37(33)38)41-24-19-31-13-12-30-9-6-26-49-45(30)46(31)50-41;1-2-9-27(10-3-1)40-35-14-6-7-15-37(35)48-44-36(40)21-18-30-20-25-39(47-43(30)44)34-23-22-33(31-12-4-5-13-32(31)34)38-24-19-29-17-16-28-11-8-26-45-41(28)42(29)46-38;1-2-8-24(9-3-1)35-28-11-4-5-12-30(28)42-39-29(35)20-17-27-19-22-34(44-38(27)39)32-14-6-13-31(41-32)33-21-18-26-16-15-25-10-7-23-40-36(25)37(26)43-33/h1-28H;1-26H;1-23H. The van der Waals surface area contributed by atoms with Crippen LogP contribution in [0.15, 0.2) is 468 Å². The van der Waals surface area contributed by atoms with Crippen molar-refractivity contribution in [1.82, 2.24) is 64.8 Å². The first kappa shape index (κ1) is 82.6. The summed E-state index contributed by atoms with van der Waals surface area (Å²) in [6, 6.07) is 157. The van der Waals surface area contributed by atoms with Gasteiger partial charge >= 0.3 is 0 Å². The Bertz CT molecular complexity index is 10600. The summed E-state index contributed by atoms with van der Waals surface area (Å²) in [5.41, 5.74) is 31.9. The molecule has 144 heavy (non-hydrogen) atoms. The molecule has 30 rings (SSSR count). The Morgan fingerprint density at radius 1 is 0.118 bits per heavy atom. The van der Waals surface area contributed by atoms with Crippen molar-refractivity contribution in [1.29, 1.82) is 0 Å². The summed E-state index contributed by atoms with van der Waals surface area (Å²) < 4.78 is 0. The normalized spacial score (nSPS) is 11.8. The number of aromatic nitrogens is 13. The highest BCUT2D eigenvalue weighted by molar-refractivity contribution is 6.21. The van der Waals surface area contributed by atoms with Gasteiger partial charge in [0.2, 0.25) is 0 Å². The molecule has 0 N–H and O–H groups in total. The zero-order chi connectivity index (χ0) is 94.8. The molecule has 13 nitrogen and oxygen atoms in total. The molecule has 666 valence electrons. The first-order valence-corrected chi connectivity index (χ1v) is 48.3. The molecule has 0 amide bonds. The molecule has 0 saturated carbocycles. The predicted molar refractivity (Wildman–Crippen MR) is 595 cm³/mol. The Hall–Kier alpha value is -19.6. The van der Waals surface area contributed by atoms with Gasteiger partial charge in [0, 0.05) is 138 Å². The summed E-state index contributed by atoms with van der Waals surface area (Å²) in [7, 11) is 0. The molecule has 0 spiro atoms. The SMILES string of the molecule is c1ccc(-c2c3ccccc3nc3c2ccc2ccc(-c4ccc(-c5ccc6ccc7cccnc7c6n5)c5ccccc45)nc23)cc1.c1ccc(-c2c3ccccc3nc3c2ccc2ccc(-c4ccc5c(ccc6cc(-c7ccc8ccc9cccnc9c8n7)ccc65)c4)nc23)cc1.c1ccc(-c2c3ccccc3nc3c2ccc2ccc(-c4cccc(-c5ccc6ccc7cccnc7c6n5)n4)nc23)cc1. The summed E-state index contributed by atoms with van der Waals surface area (Å²) in [5, 5.41) is 23.4. The lowest BCUT2D eigenvalue weighted by atomic mass is 9.94. The molecular weight excluding hydrogens is 1760 g/mol. The van der Waals surface area contributed by atoms with Crippen molar-refractivity contribution in [3.8, 4) is 101 Å². The highest BCUT2D eigenvalue weighted by atomic mass is 14.9. The van der Waals surface area contributed by atoms with Gasteiger partial charge in [-0.2, -0.15) is 0 Å². The molecular formula is C131H77N13. The van der Waals surface area contributed by atoms with Gasteiger partial charge in [-0.15, -0.1) is 0 Å². The molecule has 13 heterocycles. The van der Waals surface area contributed by atoms with Crippen molar-refractivity contribution in [3.63, 3.8) is 0 Å². The molecule has 13 aromatic heterocycles. The fraction of sp³-hybridized carbons (Fsp3) is 0. The van der Waals surface area contributed by atoms with Crippen LogP contribution in [-0.4, -0.2) is 64.8 Å². The van der Waals surface area contributed by atoms with Crippen LogP contribution in [0.25, 0.3) is 297 Å². The lowest BCUT2D eigenvalue weighted by Gasteiger charge is -2.14. The van der Waals surface area contributed by atoms with E-state index in [9.17, 15) is 0 Å². The van der Waals surface area contributed by atoms with E-state index < -0.39 is 0 Å². The maximum absolute atomic E-state index is 5.36. The second kappa shape index (κ2) is 34.2. The second-order valence-corrected chi connectivity index (χ2v) is 36.6. The van der Waals surface area contributed by atoms with Gasteiger partial charge in [0.15, 0.2) is 0 Å². The van der Waals surface area contributed by atoms with Crippen LogP contribution in [0.3, 0.4) is 0 Å². The van der Waals surface area contributed by atoms with Gasteiger partial charge in [-0.3, -0.25) is 15.0 Å². The number of nitrogens with zero attached hydrogens (tertiary/aromatic N) is 13. The van der Waals surface area contributed by atoms with E-state index in [2.05, 4.69) is 403 Å². The molecule has 0 aliphatic heterocycles. The lowest BCUT2D eigenvalue weighted by molar-refractivity contribution is 1.25. The summed E-state index contributed by atoms with van der Waals surface area (Å²) in [6.45, 7) is 0. The first-order chi connectivity index (χ1) is 71.3. The smallest absolute Gasteiger partial charge is 0.0978 e. The van der Waals surface area contributed by atoms with E-state index in [4.69, 9.17) is 49.8 Å². The second-order valence-electron chi connectivity index (χ2n) is 36.6. The summed E-state index contributed by atoms with van der Waals surface area (Å²) in [4.78, 5) is 65.6. The van der Waals surface area contributed by atoms with Crippen LogP contribution in [0.2, 0.25) is 0 Å². The van der Waals surface area contributed by atoms with E-state index in [-0.39, 0.29) is 0 Å². The molecule has 30 aromatic rings. The topological polar surface area (TPSA) is 168 Å². The van der Waals surface area contributed by atoms with Gasteiger partial charge in [-0.1, -0.05) is 352 Å². The van der Waals surface area contributed by atoms with Crippen LogP contribution in [0.1, 0.15) is 0 Å². The van der Waals surface area contributed by atoms with Crippen LogP contribution in [0.4, 0.5) is 0 Å². The molecule has 0 aliphatic rings. The minimum absolute atomic E-state index is 0.781. The minimum Gasteiger partial charge on any atom is -0.254 e. The van der Waals surface area contributed by atoms with Crippen molar-refractivity contribution in [2.45, 2.75) is 0 Å². The quantitative estimate of drug-likeness (QED) is 0.0990. The Morgan fingerprint density at radius 3 is 0.729 bits per heavy atom. The van der Waals surface area contributed by atoms with Gasteiger partial charge in [-0.05, 0) is 146 Å². The first-order valence-electron chi connectivity index (χ1n) is 48.3. The molecule has 0 bridgehead atoms. The average Bonchev–Trinajstić information content (AvgIpc) is 0.743. The van der Waals surface area contributed by atoms with E-state index in [1.807, 2.05) is 79.3 Å². The molecule has 0 aliphatic carbocycles. The van der Waals surface area contributed by atoms with Crippen molar-refractivity contribution >= 4 is 196 Å². The van der Waals surface area contributed by atoms with Crippen LogP contribution in [-0.2, 0) is 0 Å². The van der Waals surface area contributed by atoms with E-state index in [0.717, 1.165) is 248 Å². The average molecular weight is 1830 g/mol. The zero-order valence-corrected chi connectivity index (χ0v) is 77.3. The largest absolute Gasteiger partial charge is 0.254 e. The highest BCUT2D eigenvalue weighted by Gasteiger charge is 2.23. The zero-order valence-electron chi connectivity index (χ0n) is 77.3. The third-order valence-electron chi connectivity index (χ3n) is 28.2. The van der Waals surface area contributed by atoms with Crippen LogP contribution >= 0.6 is 0 Å². The van der Waals surface area contributed by atoms with Gasteiger partial charge in [0.05, 0.1) is 128 Å². The molecule has 0 atom stereocenters. The summed E-state index contributed by atoms with van der Waals surface area (Å²) in [6.07, 6.45) is 5.48. The van der Waals surface area contributed by atoms with E-state index in [0.29, 0.717) is 0 Å². The third-order valence-corrected chi connectivity index (χ3v) is 28.2. The third kappa shape index (κ3) is 14.3. The Kier molecular flexibility index (Phi) is 19.6. The summed E-state index contributed by atoms with van der Waals surface area (Å²) >= 11 is 0. The van der Waals surface area contributed by atoms with E-state index >= 15 is 0 Å². The van der Waals surface area contributed by atoms with Crippen LogP contribution in [0.5, 0.6) is 0 Å². The van der Waals surface area contributed by atoms with Crippen molar-refractivity contribution in [2.75, 3.05) is 0 Å². The molecule has 0 fully saturated rings. The molecule has 17 aromatic carbocycles. The van der Waals surface area contributed by atoms with Crippen molar-refractivity contribution < 1.29 is 0 Å². The molecule has 13 heteroatoms. The minimum atomic E-state index is 0.781. The van der Waals surface area contributed by atoms with Crippen LogP contribution in [0, 0.1) is 0 Å².